The van der Waals surface area contributed by atoms with Gasteiger partial charge in [0.1, 0.15) is 0 Å². The van der Waals surface area contributed by atoms with Crippen molar-refractivity contribution in [2.75, 3.05) is 24.1 Å². The molecule has 3 aromatic rings. The molecule has 1 amide bonds. The zero-order valence-corrected chi connectivity index (χ0v) is 16.8. The Labute approximate surface area is 168 Å². The Morgan fingerprint density at radius 3 is 2.62 bits per heavy atom. The molecule has 0 aliphatic carbocycles. The predicted octanol–water partition coefficient (Wildman–Crippen LogP) is 2.17. The SMILES string of the molecule is CS(=O)(=O)Nc1cccc(-c2cc(C(N)=O)c3[nH]nc(C4CCNCC4)c3c2)c1. The van der Waals surface area contributed by atoms with Crippen molar-refractivity contribution < 1.29 is 13.2 Å². The van der Waals surface area contributed by atoms with Crippen LogP contribution < -0.4 is 15.8 Å². The van der Waals surface area contributed by atoms with E-state index in [9.17, 15) is 13.2 Å². The van der Waals surface area contributed by atoms with Crippen LogP contribution in [0, 0.1) is 0 Å². The van der Waals surface area contributed by atoms with Crippen LogP contribution in [0.1, 0.15) is 34.8 Å². The summed E-state index contributed by atoms with van der Waals surface area (Å²) in [5.74, 6) is -0.234. The van der Waals surface area contributed by atoms with Crippen molar-refractivity contribution in [3.05, 3.63) is 47.7 Å². The fourth-order valence-corrected chi connectivity index (χ4v) is 4.44. The molecule has 0 bridgehead atoms. The van der Waals surface area contributed by atoms with Crippen molar-refractivity contribution in [2.24, 2.45) is 5.73 Å². The summed E-state index contributed by atoms with van der Waals surface area (Å²) in [6.45, 7) is 1.86. The first-order valence-corrected chi connectivity index (χ1v) is 11.3. The average molecular weight is 414 g/mol. The van der Waals surface area contributed by atoms with E-state index in [0.717, 1.165) is 54.4 Å². The topological polar surface area (TPSA) is 130 Å². The number of rotatable bonds is 5. The molecular formula is C20H23N5O3S. The summed E-state index contributed by atoms with van der Waals surface area (Å²) in [4.78, 5) is 12.1. The molecule has 1 aliphatic heterocycles. The van der Waals surface area contributed by atoms with Gasteiger partial charge in [-0.1, -0.05) is 12.1 Å². The van der Waals surface area contributed by atoms with Crippen molar-refractivity contribution in [3.8, 4) is 11.1 Å². The van der Waals surface area contributed by atoms with E-state index in [2.05, 4.69) is 20.2 Å². The van der Waals surface area contributed by atoms with Crippen molar-refractivity contribution in [3.63, 3.8) is 0 Å². The van der Waals surface area contributed by atoms with Gasteiger partial charge in [0, 0.05) is 17.0 Å². The molecule has 1 saturated heterocycles. The van der Waals surface area contributed by atoms with Gasteiger partial charge in [-0.2, -0.15) is 5.10 Å². The minimum Gasteiger partial charge on any atom is -0.366 e. The first-order valence-electron chi connectivity index (χ1n) is 9.42. The number of carbonyl (C=O) groups excluding carboxylic acids is 1. The molecule has 2 aromatic carbocycles. The van der Waals surface area contributed by atoms with Gasteiger partial charge < -0.3 is 11.1 Å². The number of hydrogen-bond donors (Lipinski definition) is 4. The zero-order chi connectivity index (χ0) is 20.6. The van der Waals surface area contributed by atoms with E-state index in [4.69, 9.17) is 5.73 Å². The molecule has 1 aromatic heterocycles. The molecule has 9 heteroatoms. The highest BCUT2D eigenvalue weighted by atomic mass is 32.2. The Bertz CT molecular complexity index is 1180. The molecule has 2 heterocycles. The van der Waals surface area contributed by atoms with Crippen LogP contribution in [0.3, 0.4) is 0 Å². The first kappa shape index (κ1) is 19.4. The van der Waals surface area contributed by atoms with Crippen LogP contribution in [-0.2, 0) is 10.0 Å². The lowest BCUT2D eigenvalue weighted by atomic mass is 9.90. The number of nitrogens with two attached hydrogens (primary N) is 1. The van der Waals surface area contributed by atoms with Gasteiger partial charge >= 0.3 is 0 Å². The van der Waals surface area contributed by atoms with Crippen molar-refractivity contribution >= 4 is 32.5 Å². The molecule has 5 N–H and O–H groups in total. The van der Waals surface area contributed by atoms with E-state index in [1.807, 2.05) is 12.1 Å². The van der Waals surface area contributed by atoms with Gasteiger partial charge in [-0.25, -0.2) is 8.42 Å². The molecule has 4 rings (SSSR count). The number of nitrogens with one attached hydrogen (secondary N) is 3. The monoisotopic (exact) mass is 413 g/mol. The van der Waals surface area contributed by atoms with E-state index < -0.39 is 15.9 Å². The maximum absolute atomic E-state index is 12.1. The summed E-state index contributed by atoms with van der Waals surface area (Å²) in [6, 6.07) is 10.7. The lowest BCUT2D eigenvalue weighted by molar-refractivity contribution is 0.100. The highest BCUT2D eigenvalue weighted by Crippen LogP contribution is 2.34. The molecular weight excluding hydrogens is 390 g/mol. The smallest absolute Gasteiger partial charge is 0.250 e. The Balaban J connectivity index is 1.84. The quantitative estimate of drug-likeness (QED) is 0.509. The second-order valence-corrected chi connectivity index (χ2v) is 9.15. The second kappa shape index (κ2) is 7.49. The fourth-order valence-electron chi connectivity index (χ4n) is 3.88. The number of aromatic nitrogens is 2. The van der Waals surface area contributed by atoms with E-state index in [1.54, 1.807) is 24.3 Å². The molecule has 0 spiro atoms. The highest BCUT2D eigenvalue weighted by Gasteiger charge is 2.23. The number of aromatic amines is 1. The lowest BCUT2D eigenvalue weighted by Crippen LogP contribution is -2.26. The van der Waals surface area contributed by atoms with Crippen LogP contribution in [0.25, 0.3) is 22.0 Å². The first-order chi connectivity index (χ1) is 13.8. The van der Waals surface area contributed by atoms with Crippen molar-refractivity contribution in [1.29, 1.82) is 0 Å². The van der Waals surface area contributed by atoms with Crippen LogP contribution in [0.2, 0.25) is 0 Å². The number of anilines is 1. The predicted molar refractivity (Wildman–Crippen MR) is 113 cm³/mol. The second-order valence-electron chi connectivity index (χ2n) is 7.40. The highest BCUT2D eigenvalue weighted by molar-refractivity contribution is 7.92. The molecule has 1 aliphatic rings. The molecule has 0 saturated carbocycles. The number of piperidine rings is 1. The Hall–Kier alpha value is -2.91. The maximum atomic E-state index is 12.1. The number of hydrogen-bond acceptors (Lipinski definition) is 5. The van der Waals surface area contributed by atoms with Crippen LogP contribution >= 0.6 is 0 Å². The van der Waals surface area contributed by atoms with E-state index >= 15 is 0 Å². The molecule has 29 heavy (non-hydrogen) atoms. The summed E-state index contributed by atoms with van der Waals surface area (Å²) in [6.07, 6.45) is 3.06. The van der Waals surface area contributed by atoms with Gasteiger partial charge in [-0.15, -0.1) is 0 Å². The van der Waals surface area contributed by atoms with Gasteiger partial charge in [0.15, 0.2) is 0 Å². The molecule has 8 nitrogen and oxygen atoms in total. The number of fused-ring (bicyclic) bond motifs is 1. The standard InChI is InChI=1S/C20H23N5O3S/c1-29(27,28)25-15-4-2-3-13(9-15)14-10-16-18(12-5-7-22-8-6-12)23-24-19(16)17(11-14)20(21)26/h2-4,9-12,22,25H,5-8H2,1H3,(H2,21,26)(H,23,24). The summed E-state index contributed by atoms with van der Waals surface area (Å²) < 4.78 is 25.6. The minimum atomic E-state index is -3.39. The van der Waals surface area contributed by atoms with Gasteiger partial charge in [-0.3, -0.25) is 14.6 Å². The summed E-state index contributed by atoms with van der Waals surface area (Å²) in [5.41, 5.74) is 9.60. The van der Waals surface area contributed by atoms with Crippen LogP contribution in [0.5, 0.6) is 0 Å². The van der Waals surface area contributed by atoms with Crippen LogP contribution in [0.4, 0.5) is 5.69 Å². The number of amides is 1. The van der Waals surface area contributed by atoms with E-state index in [1.165, 1.54) is 0 Å². The van der Waals surface area contributed by atoms with Crippen LogP contribution in [-0.4, -0.2) is 43.9 Å². The zero-order valence-electron chi connectivity index (χ0n) is 16.0. The molecule has 0 radical (unpaired) electrons. The number of sulfonamides is 1. The third kappa shape index (κ3) is 4.10. The summed E-state index contributed by atoms with van der Waals surface area (Å²) >= 11 is 0. The van der Waals surface area contributed by atoms with Crippen molar-refractivity contribution in [1.82, 2.24) is 15.5 Å². The Morgan fingerprint density at radius 1 is 1.17 bits per heavy atom. The molecule has 1 fully saturated rings. The summed E-state index contributed by atoms with van der Waals surface area (Å²) in [5, 5.41) is 11.7. The summed E-state index contributed by atoms with van der Waals surface area (Å²) in [7, 11) is -3.39. The lowest BCUT2D eigenvalue weighted by Gasteiger charge is -2.21. The van der Waals surface area contributed by atoms with Crippen molar-refractivity contribution in [2.45, 2.75) is 18.8 Å². The van der Waals surface area contributed by atoms with Gasteiger partial charge in [-0.05, 0) is 61.3 Å². The average Bonchev–Trinajstić information content (AvgIpc) is 3.10. The maximum Gasteiger partial charge on any atom is 0.250 e. The number of benzene rings is 2. The number of primary amides is 1. The van der Waals surface area contributed by atoms with Gasteiger partial charge in [0.2, 0.25) is 10.0 Å². The number of carbonyl (C=O) groups is 1. The van der Waals surface area contributed by atoms with E-state index in [0.29, 0.717) is 22.7 Å². The molecule has 0 atom stereocenters. The number of H-pyrrole nitrogens is 1. The fraction of sp³-hybridized carbons (Fsp3) is 0.300. The third-order valence-corrected chi connectivity index (χ3v) is 5.80. The minimum absolute atomic E-state index is 0.305. The van der Waals surface area contributed by atoms with Crippen LogP contribution in [0.15, 0.2) is 36.4 Å². The van der Waals surface area contributed by atoms with E-state index in [-0.39, 0.29) is 0 Å². The Morgan fingerprint density at radius 2 is 1.93 bits per heavy atom. The number of nitrogens with zero attached hydrogens (tertiary/aromatic N) is 1. The largest absolute Gasteiger partial charge is 0.366 e. The van der Waals surface area contributed by atoms with Gasteiger partial charge in [0.05, 0.1) is 23.0 Å². The van der Waals surface area contributed by atoms with Gasteiger partial charge in [0.25, 0.3) is 5.91 Å². The Kier molecular flexibility index (Phi) is 5.01. The molecule has 152 valence electrons. The normalized spacial score (nSPS) is 15.5. The third-order valence-electron chi connectivity index (χ3n) is 5.19. The molecule has 0 unspecified atom stereocenters.